The molecule has 0 unspecified atom stereocenters. The van der Waals surface area contributed by atoms with Crippen LogP contribution in [-0.2, 0) is 6.42 Å². The van der Waals surface area contributed by atoms with Crippen molar-refractivity contribution in [3.8, 4) is 0 Å². The van der Waals surface area contributed by atoms with Crippen molar-refractivity contribution in [3.05, 3.63) is 70.2 Å². The lowest BCUT2D eigenvalue weighted by Gasteiger charge is -2.01. The first kappa shape index (κ1) is 13.5. The largest absolute Gasteiger partial charge is 0.272 e. The number of amides is 1. The van der Waals surface area contributed by atoms with Gasteiger partial charge in [0.1, 0.15) is 0 Å². The highest BCUT2D eigenvalue weighted by Gasteiger charge is 2.07. The number of carbonyl (C=O) groups is 1. The Morgan fingerprint density at radius 2 is 1.79 bits per heavy atom. The van der Waals surface area contributed by atoms with Gasteiger partial charge in [0, 0.05) is 17.1 Å². The summed E-state index contributed by atoms with van der Waals surface area (Å²) in [4.78, 5) is 11.8. The van der Waals surface area contributed by atoms with E-state index in [1.165, 1.54) is 0 Å². The zero-order valence-electron chi connectivity index (χ0n) is 10.2. The molecule has 0 spiro atoms. The van der Waals surface area contributed by atoms with Crippen molar-refractivity contribution in [2.75, 3.05) is 0 Å². The lowest BCUT2D eigenvalue weighted by atomic mass is 10.2. The Morgan fingerprint density at radius 1 is 1.11 bits per heavy atom. The number of rotatable bonds is 4. The number of hydrogen-bond acceptors (Lipinski definition) is 2. The number of carbonyl (C=O) groups excluding carboxylic acids is 1. The van der Waals surface area contributed by atoms with Crippen LogP contribution in [0.3, 0.4) is 0 Å². The first-order valence-electron chi connectivity index (χ1n) is 5.87. The smallest absolute Gasteiger partial charge is 0.267 e. The van der Waals surface area contributed by atoms with Gasteiger partial charge in [0.05, 0.1) is 5.56 Å². The Balaban J connectivity index is 1.89. The van der Waals surface area contributed by atoms with Gasteiger partial charge in [-0.3, -0.25) is 4.79 Å². The first-order chi connectivity index (χ1) is 9.27. The molecule has 0 aliphatic carbocycles. The van der Waals surface area contributed by atoms with Gasteiger partial charge in [0.2, 0.25) is 0 Å². The molecule has 0 bridgehead atoms. The van der Waals surface area contributed by atoms with Gasteiger partial charge in [-0.15, -0.1) is 0 Å². The van der Waals surface area contributed by atoms with Crippen LogP contribution in [0, 0.1) is 0 Å². The predicted molar refractivity (Wildman–Crippen MR) is 80.2 cm³/mol. The molecule has 1 amide bonds. The average molecular weight is 317 g/mol. The third-order valence-corrected chi connectivity index (χ3v) is 3.24. The summed E-state index contributed by atoms with van der Waals surface area (Å²) in [6.45, 7) is 0. The Morgan fingerprint density at radius 3 is 2.53 bits per heavy atom. The van der Waals surface area contributed by atoms with Crippen LogP contribution in [0.1, 0.15) is 15.9 Å². The standard InChI is InChI=1S/C15H13BrN2O/c16-14-9-5-4-8-13(14)15(19)18-17-11-10-12-6-2-1-3-7-12/h1-9,11H,10H2,(H,18,19). The van der Waals surface area contributed by atoms with Crippen LogP contribution in [0.15, 0.2) is 64.2 Å². The van der Waals surface area contributed by atoms with E-state index < -0.39 is 0 Å². The molecule has 96 valence electrons. The molecule has 0 heterocycles. The second-order valence-electron chi connectivity index (χ2n) is 3.92. The van der Waals surface area contributed by atoms with Crippen molar-refractivity contribution in [2.45, 2.75) is 6.42 Å². The summed E-state index contributed by atoms with van der Waals surface area (Å²) < 4.78 is 0.755. The maximum absolute atomic E-state index is 11.8. The molecular formula is C15H13BrN2O. The van der Waals surface area contributed by atoms with Crippen LogP contribution in [0.25, 0.3) is 0 Å². The van der Waals surface area contributed by atoms with E-state index in [4.69, 9.17) is 0 Å². The minimum absolute atomic E-state index is 0.225. The minimum Gasteiger partial charge on any atom is -0.267 e. The van der Waals surface area contributed by atoms with Crippen LogP contribution in [0.4, 0.5) is 0 Å². The van der Waals surface area contributed by atoms with E-state index in [1.807, 2.05) is 48.5 Å². The average Bonchev–Trinajstić information content (AvgIpc) is 2.45. The highest BCUT2D eigenvalue weighted by atomic mass is 79.9. The second kappa shape index (κ2) is 6.85. The van der Waals surface area contributed by atoms with E-state index in [0.29, 0.717) is 12.0 Å². The molecule has 2 aromatic rings. The van der Waals surface area contributed by atoms with E-state index in [-0.39, 0.29) is 5.91 Å². The number of halogens is 1. The molecule has 0 radical (unpaired) electrons. The summed E-state index contributed by atoms with van der Waals surface area (Å²) >= 11 is 3.33. The van der Waals surface area contributed by atoms with Gasteiger partial charge in [-0.25, -0.2) is 5.43 Å². The molecule has 3 nitrogen and oxygen atoms in total. The zero-order chi connectivity index (χ0) is 13.5. The van der Waals surface area contributed by atoms with Crippen molar-refractivity contribution >= 4 is 28.1 Å². The van der Waals surface area contributed by atoms with E-state index in [2.05, 4.69) is 26.5 Å². The molecule has 0 saturated carbocycles. The molecule has 2 rings (SSSR count). The third-order valence-electron chi connectivity index (χ3n) is 2.55. The van der Waals surface area contributed by atoms with Gasteiger partial charge in [-0.05, 0) is 33.6 Å². The molecule has 1 N–H and O–H groups in total. The maximum atomic E-state index is 11.8. The van der Waals surface area contributed by atoms with Gasteiger partial charge in [-0.2, -0.15) is 5.10 Å². The van der Waals surface area contributed by atoms with E-state index in [1.54, 1.807) is 12.3 Å². The molecule has 2 aromatic carbocycles. The molecule has 0 saturated heterocycles. The molecule has 0 aliphatic rings. The van der Waals surface area contributed by atoms with Crippen molar-refractivity contribution < 1.29 is 4.79 Å². The van der Waals surface area contributed by atoms with Crippen molar-refractivity contribution in [1.29, 1.82) is 0 Å². The highest BCUT2D eigenvalue weighted by molar-refractivity contribution is 9.10. The van der Waals surface area contributed by atoms with E-state index in [0.717, 1.165) is 10.0 Å². The van der Waals surface area contributed by atoms with Crippen molar-refractivity contribution in [3.63, 3.8) is 0 Å². The second-order valence-corrected chi connectivity index (χ2v) is 4.78. The molecule has 0 fully saturated rings. The first-order valence-corrected chi connectivity index (χ1v) is 6.67. The Kier molecular flexibility index (Phi) is 4.86. The summed E-state index contributed by atoms with van der Waals surface area (Å²) in [5, 5.41) is 3.94. The number of benzene rings is 2. The van der Waals surface area contributed by atoms with Crippen LogP contribution >= 0.6 is 15.9 Å². The van der Waals surface area contributed by atoms with Crippen LogP contribution < -0.4 is 5.43 Å². The fraction of sp³-hybridized carbons (Fsp3) is 0.0667. The van der Waals surface area contributed by atoms with Gasteiger partial charge in [-0.1, -0.05) is 42.5 Å². The molecule has 0 aromatic heterocycles. The molecular weight excluding hydrogens is 304 g/mol. The number of nitrogens with zero attached hydrogens (tertiary/aromatic N) is 1. The molecule has 19 heavy (non-hydrogen) atoms. The summed E-state index contributed by atoms with van der Waals surface area (Å²) in [5.74, 6) is -0.225. The Labute approximate surface area is 120 Å². The summed E-state index contributed by atoms with van der Waals surface area (Å²) in [7, 11) is 0. The lowest BCUT2D eigenvalue weighted by Crippen LogP contribution is -2.18. The molecule has 0 aliphatic heterocycles. The number of nitrogens with one attached hydrogen (secondary N) is 1. The molecule has 0 atom stereocenters. The molecule has 4 heteroatoms. The van der Waals surface area contributed by atoms with Gasteiger partial charge >= 0.3 is 0 Å². The number of hydrogen-bond donors (Lipinski definition) is 1. The van der Waals surface area contributed by atoms with Gasteiger partial charge in [0.25, 0.3) is 5.91 Å². The van der Waals surface area contributed by atoms with Crippen LogP contribution in [0.2, 0.25) is 0 Å². The van der Waals surface area contributed by atoms with Crippen molar-refractivity contribution in [2.24, 2.45) is 5.10 Å². The summed E-state index contributed by atoms with van der Waals surface area (Å²) in [6, 6.07) is 17.2. The van der Waals surface area contributed by atoms with Crippen molar-refractivity contribution in [1.82, 2.24) is 5.43 Å². The quantitative estimate of drug-likeness (QED) is 0.681. The van der Waals surface area contributed by atoms with Gasteiger partial charge in [0.15, 0.2) is 0 Å². The van der Waals surface area contributed by atoms with Gasteiger partial charge < -0.3 is 0 Å². The third kappa shape index (κ3) is 4.03. The van der Waals surface area contributed by atoms with Crippen LogP contribution in [-0.4, -0.2) is 12.1 Å². The van der Waals surface area contributed by atoms with Crippen LogP contribution in [0.5, 0.6) is 0 Å². The fourth-order valence-electron chi connectivity index (χ4n) is 1.57. The maximum Gasteiger partial charge on any atom is 0.272 e. The fourth-order valence-corrected chi connectivity index (χ4v) is 2.04. The topological polar surface area (TPSA) is 41.5 Å². The lowest BCUT2D eigenvalue weighted by molar-refractivity contribution is 0.0954. The normalized spacial score (nSPS) is 10.6. The van der Waals surface area contributed by atoms with E-state index in [9.17, 15) is 4.79 Å². The van der Waals surface area contributed by atoms with E-state index >= 15 is 0 Å². The SMILES string of the molecule is O=C(NN=CCc1ccccc1)c1ccccc1Br. The number of hydrazone groups is 1. The summed E-state index contributed by atoms with van der Waals surface area (Å²) in [5.41, 5.74) is 4.23. The zero-order valence-corrected chi connectivity index (χ0v) is 11.8. The monoisotopic (exact) mass is 316 g/mol. The minimum atomic E-state index is -0.225. The Bertz CT molecular complexity index is 582. The Hall–Kier alpha value is -1.94. The predicted octanol–water partition coefficient (Wildman–Crippen LogP) is 3.41. The highest BCUT2D eigenvalue weighted by Crippen LogP contribution is 2.15. The summed E-state index contributed by atoms with van der Waals surface area (Å²) in [6.07, 6.45) is 2.38.